The van der Waals surface area contributed by atoms with E-state index in [1.165, 1.54) is 57.2 Å². The number of rotatable bonds is 6. The van der Waals surface area contributed by atoms with Crippen molar-refractivity contribution in [3.8, 4) is 11.3 Å². The Labute approximate surface area is 255 Å². The highest BCUT2D eigenvalue weighted by Crippen LogP contribution is 2.52. The lowest BCUT2D eigenvalue weighted by atomic mass is 9.82. The highest BCUT2D eigenvalue weighted by atomic mass is 32.2. The van der Waals surface area contributed by atoms with Gasteiger partial charge in [-0.05, 0) is 67.6 Å². The molecule has 1 aliphatic carbocycles. The fourth-order valence-electron chi connectivity index (χ4n) is 6.33. The molecule has 2 N–H and O–H groups in total. The van der Waals surface area contributed by atoms with Crippen LogP contribution in [0.4, 0.5) is 11.4 Å². The molecule has 1 unspecified atom stereocenters. The number of ether oxygens (including phenoxy) is 1. The van der Waals surface area contributed by atoms with Crippen LogP contribution in [0.25, 0.3) is 11.3 Å². The van der Waals surface area contributed by atoms with Crippen LogP contribution in [0.2, 0.25) is 0 Å². The Morgan fingerprint density at radius 1 is 0.952 bits per heavy atom. The highest BCUT2D eigenvalue weighted by Gasteiger charge is 2.27. The van der Waals surface area contributed by atoms with Crippen molar-refractivity contribution in [2.45, 2.75) is 64.7 Å². The Hall–Kier alpha value is -3.20. The van der Waals surface area contributed by atoms with Gasteiger partial charge in [-0.25, -0.2) is 0 Å². The van der Waals surface area contributed by atoms with Crippen molar-refractivity contribution in [2.75, 3.05) is 36.5 Å². The molecule has 6 nitrogen and oxygen atoms in total. The maximum absolute atomic E-state index is 12.7. The molecule has 7 rings (SSSR count). The van der Waals surface area contributed by atoms with E-state index in [2.05, 4.69) is 76.7 Å². The number of anilines is 2. The summed E-state index contributed by atoms with van der Waals surface area (Å²) in [6, 6.07) is 21.5. The van der Waals surface area contributed by atoms with Crippen molar-refractivity contribution in [3.63, 3.8) is 0 Å². The Morgan fingerprint density at radius 2 is 1.81 bits per heavy atom. The topological polar surface area (TPSA) is 70.2 Å². The molecule has 42 heavy (non-hydrogen) atoms. The number of nitrogens with one attached hydrogen (secondary N) is 2. The van der Waals surface area contributed by atoms with E-state index in [9.17, 15) is 4.79 Å². The third-order valence-corrected chi connectivity index (χ3v) is 11.1. The molecule has 2 aromatic carbocycles. The highest BCUT2D eigenvalue weighted by molar-refractivity contribution is 8.05. The molecule has 2 aliphatic heterocycles. The molecule has 1 saturated carbocycles. The summed E-state index contributed by atoms with van der Waals surface area (Å²) in [5.41, 5.74) is 6.27. The van der Waals surface area contributed by atoms with E-state index < -0.39 is 0 Å². The number of aryl methyl sites for hydroxylation is 1. The summed E-state index contributed by atoms with van der Waals surface area (Å²) in [5.74, 6) is 0.589. The number of morpholine rings is 1. The molecule has 4 aromatic rings. The number of aromatic nitrogens is 2. The average Bonchev–Trinajstić information content (AvgIpc) is 3.03. The third kappa shape index (κ3) is 5.85. The molecule has 1 atom stereocenters. The van der Waals surface area contributed by atoms with E-state index in [1.807, 2.05) is 6.20 Å². The van der Waals surface area contributed by atoms with Gasteiger partial charge in [-0.3, -0.25) is 9.78 Å². The first-order valence-electron chi connectivity index (χ1n) is 15.0. The minimum atomic E-state index is -0.0771. The zero-order valence-corrected chi connectivity index (χ0v) is 25.5. The second-order valence-electron chi connectivity index (χ2n) is 11.5. The van der Waals surface area contributed by atoms with Gasteiger partial charge in [0.25, 0.3) is 0 Å². The fourth-order valence-corrected chi connectivity index (χ4v) is 8.74. The first-order chi connectivity index (χ1) is 20.6. The summed E-state index contributed by atoms with van der Waals surface area (Å²) >= 11 is 3.60. The molecule has 2 aromatic heterocycles. The Kier molecular flexibility index (Phi) is 8.02. The summed E-state index contributed by atoms with van der Waals surface area (Å²) in [7, 11) is 0. The van der Waals surface area contributed by atoms with Crippen LogP contribution < -0.4 is 15.8 Å². The normalized spacial score (nSPS) is 17.8. The van der Waals surface area contributed by atoms with Gasteiger partial charge in [-0.2, -0.15) is 0 Å². The van der Waals surface area contributed by atoms with Gasteiger partial charge < -0.3 is 19.9 Å². The van der Waals surface area contributed by atoms with Gasteiger partial charge in [-0.1, -0.05) is 61.0 Å². The maximum atomic E-state index is 12.7. The summed E-state index contributed by atoms with van der Waals surface area (Å²) < 4.78 is 5.52. The van der Waals surface area contributed by atoms with Crippen molar-refractivity contribution in [2.24, 2.45) is 5.92 Å². The quantitative estimate of drug-likeness (QED) is 0.206. The maximum Gasteiger partial charge on any atom is 0.250 e. The van der Waals surface area contributed by atoms with Crippen molar-refractivity contribution in [1.82, 2.24) is 9.97 Å². The molecule has 0 spiro atoms. The van der Waals surface area contributed by atoms with Crippen LogP contribution in [-0.4, -0.2) is 36.3 Å². The summed E-state index contributed by atoms with van der Waals surface area (Å²) in [5, 5.41) is 3.90. The van der Waals surface area contributed by atoms with E-state index in [1.54, 1.807) is 29.6 Å². The summed E-state index contributed by atoms with van der Waals surface area (Å²) in [6.45, 7) is 5.06. The minimum absolute atomic E-state index is 0.0771. The largest absolute Gasteiger partial charge is 0.378 e. The first kappa shape index (κ1) is 27.6. The molecule has 4 heterocycles. The van der Waals surface area contributed by atoms with Crippen molar-refractivity contribution in [3.05, 3.63) is 88.5 Å². The predicted octanol–water partition coefficient (Wildman–Crippen LogP) is 7.93. The standard InChI is InChI=1S/C34H36N4O2S2/c1-22-10-12-27(35-21-22)33(23-6-3-2-4-7-23)36-24-11-13-29-31(18-24)41-30-9-5-8-26(34(30)42-29)28-19-25(20-32(39)37-28)38-14-16-40-17-15-38/h5,8-13,18-21,23,33,36H,2-4,6-7,14-17H2,1H3,(H,37,39). The Morgan fingerprint density at radius 3 is 2.62 bits per heavy atom. The lowest BCUT2D eigenvalue weighted by molar-refractivity contribution is 0.122. The van der Waals surface area contributed by atoms with Gasteiger partial charge >= 0.3 is 0 Å². The number of hydrogen-bond acceptors (Lipinski definition) is 7. The molecule has 0 amide bonds. The van der Waals surface area contributed by atoms with Crippen LogP contribution in [0.3, 0.4) is 0 Å². The van der Waals surface area contributed by atoms with E-state index in [-0.39, 0.29) is 11.6 Å². The Balaban J connectivity index is 1.16. The second-order valence-corrected chi connectivity index (χ2v) is 13.6. The molecule has 0 bridgehead atoms. The minimum Gasteiger partial charge on any atom is -0.378 e. The van der Waals surface area contributed by atoms with Gasteiger partial charge in [0.15, 0.2) is 0 Å². The zero-order valence-electron chi connectivity index (χ0n) is 23.9. The third-order valence-electron chi connectivity index (χ3n) is 8.55. The van der Waals surface area contributed by atoms with E-state index in [0.717, 1.165) is 41.4 Å². The molecule has 216 valence electrons. The Bertz CT molecular complexity index is 1630. The molecule has 8 heteroatoms. The average molecular weight is 597 g/mol. The van der Waals surface area contributed by atoms with Crippen LogP contribution in [0, 0.1) is 12.8 Å². The molecular weight excluding hydrogens is 561 g/mol. The zero-order chi connectivity index (χ0) is 28.5. The SMILES string of the molecule is Cc1ccc(C(Nc2ccc3c(c2)Sc2cccc(-c4cc(N5CCOCC5)cc(=O)[nH]4)c2S3)C2CCCCC2)nc1. The lowest BCUT2D eigenvalue weighted by Gasteiger charge is -2.32. The number of nitrogens with zero attached hydrogens (tertiary/aromatic N) is 2. The van der Waals surface area contributed by atoms with Gasteiger partial charge in [0.1, 0.15) is 0 Å². The van der Waals surface area contributed by atoms with E-state index in [4.69, 9.17) is 9.72 Å². The van der Waals surface area contributed by atoms with Crippen LogP contribution >= 0.6 is 23.5 Å². The van der Waals surface area contributed by atoms with Gasteiger partial charge in [0.2, 0.25) is 5.56 Å². The number of H-pyrrole nitrogens is 1. The predicted molar refractivity (Wildman–Crippen MR) is 172 cm³/mol. The number of hydrogen-bond donors (Lipinski definition) is 2. The van der Waals surface area contributed by atoms with Gasteiger partial charge in [0.05, 0.1) is 30.6 Å². The van der Waals surface area contributed by atoms with Crippen molar-refractivity contribution < 1.29 is 4.74 Å². The molecule has 3 aliphatic rings. The first-order valence-corrected chi connectivity index (χ1v) is 16.6. The number of benzene rings is 2. The number of pyridine rings is 2. The smallest absolute Gasteiger partial charge is 0.250 e. The van der Waals surface area contributed by atoms with E-state index in [0.29, 0.717) is 19.1 Å². The van der Waals surface area contributed by atoms with Gasteiger partial charge in [0, 0.05) is 61.9 Å². The van der Waals surface area contributed by atoms with Crippen molar-refractivity contribution >= 4 is 34.9 Å². The van der Waals surface area contributed by atoms with Gasteiger partial charge in [-0.15, -0.1) is 0 Å². The van der Waals surface area contributed by atoms with E-state index >= 15 is 0 Å². The monoisotopic (exact) mass is 596 g/mol. The summed E-state index contributed by atoms with van der Waals surface area (Å²) in [4.78, 5) is 27.8. The molecule has 2 fully saturated rings. The lowest BCUT2D eigenvalue weighted by Crippen LogP contribution is -2.36. The van der Waals surface area contributed by atoms with Crippen LogP contribution in [0.15, 0.2) is 91.2 Å². The molecule has 1 saturated heterocycles. The summed E-state index contributed by atoms with van der Waals surface area (Å²) in [6.07, 6.45) is 8.41. The number of aromatic amines is 1. The van der Waals surface area contributed by atoms with Crippen molar-refractivity contribution in [1.29, 1.82) is 0 Å². The fraction of sp³-hybridized carbons (Fsp3) is 0.353. The molecule has 0 radical (unpaired) electrons. The van der Waals surface area contributed by atoms with Crippen LogP contribution in [-0.2, 0) is 4.74 Å². The second kappa shape index (κ2) is 12.2. The molecular formula is C34H36N4O2S2. The van der Waals surface area contributed by atoms with Crippen LogP contribution in [0.1, 0.15) is 49.4 Å². The van der Waals surface area contributed by atoms with Crippen LogP contribution in [0.5, 0.6) is 0 Å². The number of fused-ring (bicyclic) bond motifs is 2.